The van der Waals surface area contributed by atoms with E-state index in [1.54, 1.807) is 14.1 Å². The summed E-state index contributed by atoms with van der Waals surface area (Å²) in [5, 5.41) is 39.8. The van der Waals surface area contributed by atoms with Gasteiger partial charge in [0, 0.05) is 0 Å². The van der Waals surface area contributed by atoms with Gasteiger partial charge in [-0.2, -0.15) is 0 Å². The second-order valence-corrected chi connectivity index (χ2v) is 8.33. The number of carboxylic acid groups (broad SMARTS) is 1. The molecule has 0 aromatic heterocycles. The van der Waals surface area contributed by atoms with E-state index in [9.17, 15) is 25.2 Å². The van der Waals surface area contributed by atoms with Gasteiger partial charge >= 0.3 is 5.97 Å². The van der Waals surface area contributed by atoms with Gasteiger partial charge in [0.25, 0.3) is 0 Å². The molecule has 8 nitrogen and oxygen atoms in total. The summed E-state index contributed by atoms with van der Waals surface area (Å²) in [5.41, 5.74) is 2.00. The minimum Gasteiger partial charge on any atom is -0.479 e. The number of rotatable bonds is 8. The highest BCUT2D eigenvalue weighted by Gasteiger charge is 2.52. The van der Waals surface area contributed by atoms with Crippen LogP contribution >= 0.6 is 0 Å². The first-order chi connectivity index (χ1) is 14.7. The van der Waals surface area contributed by atoms with E-state index in [0.717, 1.165) is 11.1 Å². The topological polar surface area (TPSA) is 116 Å². The molecule has 1 heterocycles. The standard InChI is InChI=1S/C23H29NO7/c1-24(2,22-19(27)17(25)18(26)21(31-22)23(28)29)13-14-30-20(15-9-5-3-6-10-15)16-11-7-4-8-12-16/h3-12,17-22,25-27H,13-14H2,1-2H3/p+1/t17-,18-,19+,21-,22+/m0/s1. The first-order valence-electron chi connectivity index (χ1n) is 10.2. The average Bonchev–Trinajstić information content (AvgIpc) is 2.76. The largest absolute Gasteiger partial charge is 0.479 e. The zero-order valence-corrected chi connectivity index (χ0v) is 17.6. The lowest BCUT2D eigenvalue weighted by molar-refractivity contribution is -0.944. The van der Waals surface area contributed by atoms with Gasteiger partial charge in [0.15, 0.2) is 12.2 Å². The Morgan fingerprint density at radius 3 is 1.94 bits per heavy atom. The van der Waals surface area contributed by atoms with Crippen molar-refractivity contribution in [3.8, 4) is 0 Å². The fraction of sp³-hybridized carbons (Fsp3) is 0.435. The molecule has 1 fully saturated rings. The molecule has 4 N–H and O–H groups in total. The van der Waals surface area contributed by atoms with Crippen LogP contribution < -0.4 is 0 Å². The molecule has 0 aliphatic carbocycles. The third-order valence-electron chi connectivity index (χ3n) is 5.68. The van der Waals surface area contributed by atoms with Crippen molar-refractivity contribution in [3.63, 3.8) is 0 Å². The summed E-state index contributed by atoms with van der Waals surface area (Å²) in [6.07, 6.45) is -7.74. The molecular formula is C23H30NO7+. The maximum Gasteiger partial charge on any atom is 0.335 e. The number of carboxylic acids is 1. The normalized spacial score (nSPS) is 26.7. The lowest BCUT2D eigenvalue weighted by atomic mass is 9.97. The molecule has 8 heteroatoms. The fourth-order valence-corrected chi connectivity index (χ4v) is 3.82. The smallest absolute Gasteiger partial charge is 0.335 e. The van der Waals surface area contributed by atoms with Crippen LogP contribution in [0.15, 0.2) is 60.7 Å². The average molecular weight is 432 g/mol. The highest BCUT2D eigenvalue weighted by Crippen LogP contribution is 2.28. The molecule has 0 spiro atoms. The van der Waals surface area contributed by atoms with Crippen molar-refractivity contribution in [2.24, 2.45) is 0 Å². The van der Waals surface area contributed by atoms with Crippen LogP contribution in [-0.4, -0.2) is 88.8 Å². The SMILES string of the molecule is C[N+](C)(CCOC(c1ccccc1)c1ccccc1)[C@@H]1O[C@H](C(=O)O)[C@@H](O)[C@H](O)[C@H]1O. The fourth-order valence-electron chi connectivity index (χ4n) is 3.82. The molecule has 0 amide bonds. The highest BCUT2D eigenvalue weighted by atomic mass is 16.6. The van der Waals surface area contributed by atoms with Gasteiger partial charge < -0.3 is 29.9 Å². The molecule has 168 valence electrons. The first-order valence-corrected chi connectivity index (χ1v) is 10.2. The third kappa shape index (κ3) is 5.30. The van der Waals surface area contributed by atoms with Crippen LogP contribution in [-0.2, 0) is 14.3 Å². The van der Waals surface area contributed by atoms with E-state index in [0.29, 0.717) is 6.54 Å². The van der Waals surface area contributed by atoms with E-state index in [2.05, 4.69) is 0 Å². The van der Waals surface area contributed by atoms with Crippen LogP contribution in [0.2, 0.25) is 0 Å². The molecule has 31 heavy (non-hydrogen) atoms. The number of likely N-dealkylation sites (N-methyl/N-ethyl adjacent to an activating group) is 1. The number of hydrogen-bond acceptors (Lipinski definition) is 6. The number of aliphatic hydroxyl groups excluding tert-OH is 3. The maximum atomic E-state index is 11.4. The van der Waals surface area contributed by atoms with Crippen molar-refractivity contribution >= 4 is 5.97 Å². The molecule has 1 aliphatic heterocycles. The first kappa shape index (κ1) is 23.3. The molecule has 3 rings (SSSR count). The van der Waals surface area contributed by atoms with Crippen LogP contribution in [0.5, 0.6) is 0 Å². The van der Waals surface area contributed by atoms with Gasteiger partial charge in [-0.25, -0.2) is 4.79 Å². The van der Waals surface area contributed by atoms with Gasteiger partial charge in [0.2, 0.25) is 6.23 Å². The van der Waals surface area contributed by atoms with Crippen LogP contribution in [0.4, 0.5) is 0 Å². The zero-order chi connectivity index (χ0) is 22.6. The lowest BCUT2D eigenvalue weighted by Crippen LogP contribution is -2.68. The van der Waals surface area contributed by atoms with E-state index in [1.807, 2.05) is 60.7 Å². The molecule has 2 aromatic carbocycles. The van der Waals surface area contributed by atoms with Gasteiger partial charge in [-0.05, 0) is 11.1 Å². The molecule has 5 atom stereocenters. The summed E-state index contributed by atoms with van der Waals surface area (Å²) in [4.78, 5) is 11.4. The minimum atomic E-state index is -1.71. The maximum absolute atomic E-state index is 11.4. The van der Waals surface area contributed by atoms with Gasteiger partial charge in [-0.1, -0.05) is 60.7 Å². The highest BCUT2D eigenvalue weighted by molar-refractivity contribution is 5.73. The van der Waals surface area contributed by atoms with Gasteiger partial charge in [0.1, 0.15) is 24.9 Å². The number of aliphatic carboxylic acids is 1. The Morgan fingerprint density at radius 1 is 0.935 bits per heavy atom. The summed E-state index contributed by atoms with van der Waals surface area (Å²) in [5.74, 6) is -1.40. The van der Waals surface area contributed by atoms with E-state index in [4.69, 9.17) is 9.47 Å². The second kappa shape index (κ2) is 9.86. The van der Waals surface area contributed by atoms with E-state index in [-0.39, 0.29) is 17.2 Å². The molecule has 0 saturated carbocycles. The number of nitrogens with zero attached hydrogens (tertiary/aromatic N) is 1. The van der Waals surface area contributed by atoms with Crippen molar-refractivity contribution in [1.29, 1.82) is 0 Å². The number of aliphatic hydroxyl groups is 3. The molecule has 0 bridgehead atoms. The molecule has 1 aliphatic rings. The van der Waals surface area contributed by atoms with E-state index >= 15 is 0 Å². The van der Waals surface area contributed by atoms with E-state index in [1.165, 1.54) is 0 Å². The van der Waals surface area contributed by atoms with Crippen LogP contribution in [0.3, 0.4) is 0 Å². The molecule has 0 unspecified atom stereocenters. The minimum absolute atomic E-state index is 0.0328. The zero-order valence-electron chi connectivity index (χ0n) is 17.6. The van der Waals surface area contributed by atoms with E-state index < -0.39 is 36.6 Å². The monoisotopic (exact) mass is 432 g/mol. The Bertz CT molecular complexity index is 806. The third-order valence-corrected chi connectivity index (χ3v) is 5.68. The predicted octanol–water partition coefficient (Wildman–Crippen LogP) is 0.761. The quantitative estimate of drug-likeness (QED) is 0.455. The van der Waals surface area contributed by atoms with Crippen molar-refractivity contribution in [3.05, 3.63) is 71.8 Å². The Kier molecular flexibility index (Phi) is 7.42. The Balaban J connectivity index is 1.71. The van der Waals surface area contributed by atoms with Crippen molar-refractivity contribution in [2.45, 2.75) is 36.7 Å². The lowest BCUT2D eigenvalue weighted by Gasteiger charge is -2.46. The van der Waals surface area contributed by atoms with Gasteiger partial charge in [-0.3, -0.25) is 4.48 Å². The number of benzene rings is 2. The number of hydrogen-bond donors (Lipinski definition) is 4. The number of quaternary nitrogens is 1. The molecule has 2 aromatic rings. The van der Waals surface area contributed by atoms with Crippen molar-refractivity contribution in [1.82, 2.24) is 0 Å². The summed E-state index contributed by atoms with van der Waals surface area (Å²) in [6, 6.07) is 19.6. The van der Waals surface area contributed by atoms with Gasteiger partial charge in [0.05, 0.1) is 20.7 Å². The molecular weight excluding hydrogens is 402 g/mol. The molecule has 1 saturated heterocycles. The molecule has 0 radical (unpaired) electrons. The van der Waals surface area contributed by atoms with Gasteiger partial charge in [-0.15, -0.1) is 0 Å². The summed E-state index contributed by atoms with van der Waals surface area (Å²) in [7, 11) is 3.50. The predicted molar refractivity (Wildman–Crippen MR) is 112 cm³/mol. The van der Waals surface area contributed by atoms with Crippen molar-refractivity contribution in [2.75, 3.05) is 27.2 Å². The Morgan fingerprint density at radius 2 is 1.45 bits per heavy atom. The van der Waals surface area contributed by atoms with Crippen LogP contribution in [0.25, 0.3) is 0 Å². The van der Waals surface area contributed by atoms with Crippen LogP contribution in [0, 0.1) is 0 Å². The summed E-state index contributed by atoms with van der Waals surface area (Å²) < 4.78 is 11.7. The number of ether oxygens (including phenoxy) is 2. The second-order valence-electron chi connectivity index (χ2n) is 8.33. The Labute approximate surface area is 181 Å². The number of carbonyl (C=O) groups is 1. The van der Waals surface area contributed by atoms with Crippen LogP contribution in [0.1, 0.15) is 17.2 Å². The van der Waals surface area contributed by atoms with Crippen molar-refractivity contribution < 1.29 is 39.2 Å². The summed E-state index contributed by atoms with van der Waals surface area (Å²) in [6.45, 7) is 0.650. The summed E-state index contributed by atoms with van der Waals surface area (Å²) >= 11 is 0. The Hall–Kier alpha value is -2.33.